The average Bonchev–Trinajstić information content (AvgIpc) is 2.87. The van der Waals surface area contributed by atoms with Gasteiger partial charge in [0.2, 0.25) is 0 Å². The Hall–Kier alpha value is -3.06. The van der Waals surface area contributed by atoms with Crippen molar-refractivity contribution < 1.29 is 9.53 Å². The molecule has 0 N–H and O–H groups in total. The molecule has 2 heterocycles. The highest BCUT2D eigenvalue weighted by atomic mass is 32.1. The number of thiocarbonyl (C=S) groups is 1. The molecule has 2 aromatic rings. The number of likely N-dealkylation sites (N-methyl/N-ethyl adjacent to an activating group) is 1. The van der Waals surface area contributed by atoms with Crippen LogP contribution in [0.15, 0.2) is 36.5 Å². The molecule has 0 bridgehead atoms. The second-order valence-electron chi connectivity index (χ2n) is 9.71. The number of aldehydes is 1. The van der Waals surface area contributed by atoms with Crippen LogP contribution in [0.5, 0.6) is 5.75 Å². The molecule has 1 saturated carbocycles. The zero-order chi connectivity index (χ0) is 25.7. The van der Waals surface area contributed by atoms with Crippen molar-refractivity contribution in [3.05, 3.63) is 47.8 Å². The SMILES string of the molecule is Cc1cc(N(C)C(=S)N(c2ccc(OCCN3CCN(C)CC3)cc2)C2(C=O)CCC2)cnc1C#N. The highest BCUT2D eigenvalue weighted by Gasteiger charge is 2.45. The van der Waals surface area contributed by atoms with Crippen LogP contribution in [-0.2, 0) is 4.79 Å². The maximum Gasteiger partial charge on any atom is 0.181 e. The average molecular weight is 507 g/mol. The predicted molar refractivity (Wildman–Crippen MR) is 146 cm³/mol. The summed E-state index contributed by atoms with van der Waals surface area (Å²) in [5, 5.41) is 9.72. The number of carbonyl (C=O) groups excluding carboxylic acids is 1. The number of piperazine rings is 1. The number of anilines is 2. The topological polar surface area (TPSA) is 75.9 Å². The van der Waals surface area contributed by atoms with E-state index in [0.29, 0.717) is 17.4 Å². The first-order chi connectivity index (χ1) is 17.4. The summed E-state index contributed by atoms with van der Waals surface area (Å²) in [6, 6.07) is 11.8. The van der Waals surface area contributed by atoms with Crippen LogP contribution in [0.3, 0.4) is 0 Å². The molecule has 36 heavy (non-hydrogen) atoms. The molecular weight excluding hydrogens is 472 g/mol. The molecule has 2 aliphatic rings. The molecule has 0 amide bonds. The molecule has 0 radical (unpaired) electrons. The van der Waals surface area contributed by atoms with E-state index >= 15 is 0 Å². The maximum absolute atomic E-state index is 12.3. The van der Waals surface area contributed by atoms with Crippen LogP contribution in [0.2, 0.25) is 0 Å². The number of nitrogens with zero attached hydrogens (tertiary/aromatic N) is 6. The maximum atomic E-state index is 12.3. The van der Waals surface area contributed by atoms with Crippen molar-refractivity contribution in [2.45, 2.75) is 31.7 Å². The number of pyridine rings is 1. The fraction of sp³-hybridized carbons (Fsp3) is 0.481. The molecule has 0 spiro atoms. The Labute approximate surface area is 219 Å². The van der Waals surface area contributed by atoms with E-state index in [2.05, 4.69) is 27.9 Å². The van der Waals surface area contributed by atoms with Gasteiger partial charge in [0.1, 0.15) is 35.9 Å². The molecule has 1 aliphatic carbocycles. The highest BCUT2D eigenvalue weighted by Crippen LogP contribution is 2.40. The third kappa shape index (κ3) is 5.51. The zero-order valence-corrected chi connectivity index (χ0v) is 22.1. The van der Waals surface area contributed by atoms with Gasteiger partial charge in [-0.05, 0) is 81.3 Å². The summed E-state index contributed by atoms with van der Waals surface area (Å²) in [5.74, 6) is 0.799. The lowest BCUT2D eigenvalue weighted by Crippen LogP contribution is -2.60. The number of hydrogen-bond acceptors (Lipinski definition) is 7. The van der Waals surface area contributed by atoms with Gasteiger partial charge in [-0.3, -0.25) is 4.90 Å². The van der Waals surface area contributed by atoms with E-state index in [4.69, 9.17) is 17.0 Å². The van der Waals surface area contributed by atoms with Crippen LogP contribution >= 0.6 is 12.2 Å². The summed E-state index contributed by atoms with van der Waals surface area (Å²) in [5.41, 5.74) is 2.13. The zero-order valence-electron chi connectivity index (χ0n) is 21.3. The third-order valence-electron chi connectivity index (χ3n) is 7.29. The smallest absolute Gasteiger partial charge is 0.181 e. The van der Waals surface area contributed by atoms with Gasteiger partial charge in [-0.1, -0.05) is 0 Å². The minimum absolute atomic E-state index is 0.390. The quantitative estimate of drug-likeness (QED) is 0.396. The molecule has 1 saturated heterocycles. The van der Waals surface area contributed by atoms with Crippen molar-refractivity contribution in [2.24, 2.45) is 0 Å². The molecule has 0 unspecified atom stereocenters. The van der Waals surface area contributed by atoms with Crippen LogP contribution in [0.25, 0.3) is 0 Å². The lowest BCUT2D eigenvalue weighted by Gasteiger charge is -2.48. The van der Waals surface area contributed by atoms with Crippen molar-refractivity contribution >= 4 is 35.0 Å². The lowest BCUT2D eigenvalue weighted by molar-refractivity contribution is -0.114. The molecule has 1 aromatic heterocycles. The number of aromatic nitrogens is 1. The van der Waals surface area contributed by atoms with E-state index in [0.717, 1.165) is 81.0 Å². The Morgan fingerprint density at radius 1 is 1.22 bits per heavy atom. The second-order valence-corrected chi connectivity index (χ2v) is 10.1. The number of benzene rings is 1. The number of hydrogen-bond donors (Lipinski definition) is 0. The van der Waals surface area contributed by atoms with Crippen LogP contribution < -0.4 is 14.5 Å². The molecule has 1 aromatic carbocycles. The molecule has 0 atom stereocenters. The Balaban J connectivity index is 1.48. The van der Waals surface area contributed by atoms with Gasteiger partial charge in [-0.15, -0.1) is 0 Å². The number of carbonyl (C=O) groups is 1. The van der Waals surface area contributed by atoms with Gasteiger partial charge in [0.05, 0.1) is 11.9 Å². The van der Waals surface area contributed by atoms with Crippen molar-refractivity contribution in [2.75, 3.05) is 63.2 Å². The van der Waals surface area contributed by atoms with E-state index < -0.39 is 5.54 Å². The Bertz CT molecular complexity index is 1120. The number of ether oxygens (including phenoxy) is 1. The van der Waals surface area contributed by atoms with Crippen molar-refractivity contribution in [3.8, 4) is 11.8 Å². The first kappa shape index (κ1) is 26.0. The van der Waals surface area contributed by atoms with Crippen molar-refractivity contribution in [1.29, 1.82) is 5.26 Å². The summed E-state index contributed by atoms with van der Waals surface area (Å²) in [6.07, 6.45) is 5.14. The van der Waals surface area contributed by atoms with Crippen LogP contribution in [0.1, 0.15) is 30.5 Å². The Morgan fingerprint density at radius 3 is 2.47 bits per heavy atom. The van der Waals surface area contributed by atoms with E-state index in [-0.39, 0.29) is 0 Å². The van der Waals surface area contributed by atoms with Gasteiger partial charge in [0.25, 0.3) is 0 Å². The Kier molecular flexibility index (Phi) is 8.19. The van der Waals surface area contributed by atoms with Crippen LogP contribution in [-0.4, -0.2) is 85.1 Å². The van der Waals surface area contributed by atoms with Crippen molar-refractivity contribution in [3.63, 3.8) is 0 Å². The fourth-order valence-electron chi connectivity index (χ4n) is 4.67. The summed E-state index contributed by atoms with van der Waals surface area (Å²) in [4.78, 5) is 25.1. The minimum Gasteiger partial charge on any atom is -0.492 e. The number of nitriles is 1. The van der Waals surface area contributed by atoms with E-state index in [9.17, 15) is 10.1 Å². The monoisotopic (exact) mass is 506 g/mol. The molecule has 8 nitrogen and oxygen atoms in total. The van der Waals surface area contributed by atoms with E-state index in [1.807, 2.05) is 54.1 Å². The van der Waals surface area contributed by atoms with Crippen LogP contribution in [0, 0.1) is 18.3 Å². The van der Waals surface area contributed by atoms with Crippen molar-refractivity contribution in [1.82, 2.24) is 14.8 Å². The van der Waals surface area contributed by atoms with Gasteiger partial charge in [-0.2, -0.15) is 5.26 Å². The van der Waals surface area contributed by atoms with Gasteiger partial charge in [0, 0.05) is 45.5 Å². The third-order valence-corrected chi connectivity index (χ3v) is 7.74. The summed E-state index contributed by atoms with van der Waals surface area (Å²) >= 11 is 5.92. The molecular formula is C27H34N6O2S. The van der Waals surface area contributed by atoms with Gasteiger partial charge in [0.15, 0.2) is 5.11 Å². The summed E-state index contributed by atoms with van der Waals surface area (Å²) in [6.45, 7) is 7.72. The number of aryl methyl sites for hydroxylation is 1. The highest BCUT2D eigenvalue weighted by molar-refractivity contribution is 7.80. The largest absolute Gasteiger partial charge is 0.492 e. The standard InChI is InChI=1S/C27H34N6O2S/c1-21-17-23(19-29-25(21)18-28)31(3)26(36)33(27(20-34)9-4-10-27)22-5-7-24(8-6-22)35-16-15-32-13-11-30(2)12-14-32/h5-8,17,19-20H,4,9-16H2,1-3H3. The van der Waals surface area contributed by atoms with Gasteiger partial charge >= 0.3 is 0 Å². The normalized spacial score (nSPS) is 17.5. The first-order valence-electron chi connectivity index (χ1n) is 12.4. The minimum atomic E-state index is -0.662. The lowest BCUT2D eigenvalue weighted by atomic mass is 9.76. The molecule has 4 rings (SSSR count). The summed E-state index contributed by atoms with van der Waals surface area (Å²) in [7, 11) is 4.02. The first-order valence-corrected chi connectivity index (χ1v) is 12.8. The van der Waals surface area contributed by atoms with Crippen LogP contribution in [0.4, 0.5) is 11.4 Å². The molecule has 2 fully saturated rings. The predicted octanol–water partition coefficient (Wildman–Crippen LogP) is 3.24. The number of rotatable bonds is 8. The van der Waals surface area contributed by atoms with Gasteiger partial charge in [-0.25, -0.2) is 4.98 Å². The molecule has 190 valence electrons. The van der Waals surface area contributed by atoms with E-state index in [1.165, 1.54) is 0 Å². The second kappa shape index (κ2) is 11.3. The molecule has 9 heteroatoms. The van der Waals surface area contributed by atoms with Gasteiger partial charge < -0.3 is 24.2 Å². The van der Waals surface area contributed by atoms with E-state index in [1.54, 1.807) is 6.20 Å². The fourth-order valence-corrected chi connectivity index (χ4v) is 5.06. The summed E-state index contributed by atoms with van der Waals surface area (Å²) < 4.78 is 6.01. The molecule has 1 aliphatic heterocycles. The Morgan fingerprint density at radius 2 is 1.92 bits per heavy atom.